The first-order valence-corrected chi connectivity index (χ1v) is 12.3. The SMILES string of the molecule is COCCOc1ccc2c(c1)ncn2-c1ccc2cccc(N3CCC(NC(=O)[C@@H](C)N)CC3)c2n1. The zero-order chi connectivity index (χ0) is 25.1. The van der Waals surface area contributed by atoms with Crippen molar-refractivity contribution in [1.29, 1.82) is 0 Å². The van der Waals surface area contributed by atoms with Gasteiger partial charge < -0.3 is 25.4 Å². The van der Waals surface area contributed by atoms with Crippen molar-refractivity contribution in [2.24, 2.45) is 5.73 Å². The molecule has 9 nitrogen and oxygen atoms in total. The number of amides is 1. The second kappa shape index (κ2) is 10.5. The van der Waals surface area contributed by atoms with Crippen LogP contribution in [0.5, 0.6) is 5.75 Å². The van der Waals surface area contributed by atoms with Crippen LogP contribution < -0.4 is 20.7 Å². The standard InChI is InChI=1S/C27H32N6O3/c1-18(28)27(34)30-20-10-12-32(13-11-20)24-5-3-4-19-6-9-25(31-26(19)24)33-17-29-22-16-21(7-8-23(22)33)36-15-14-35-2/h3-9,16-18,20H,10-15,28H2,1-2H3,(H,30,34)/t18-/m1/s1. The third-order valence-electron chi connectivity index (χ3n) is 6.60. The van der Waals surface area contributed by atoms with Crippen molar-refractivity contribution < 1.29 is 14.3 Å². The fraction of sp³-hybridized carbons (Fsp3) is 0.370. The Morgan fingerprint density at radius 1 is 1.17 bits per heavy atom. The summed E-state index contributed by atoms with van der Waals surface area (Å²) >= 11 is 0. The maximum atomic E-state index is 12.0. The highest BCUT2D eigenvalue weighted by molar-refractivity contribution is 5.92. The Hall–Kier alpha value is -3.69. The first-order valence-electron chi connectivity index (χ1n) is 12.3. The summed E-state index contributed by atoms with van der Waals surface area (Å²) < 4.78 is 12.8. The van der Waals surface area contributed by atoms with Gasteiger partial charge >= 0.3 is 0 Å². The molecule has 1 atom stereocenters. The Kier molecular flexibility index (Phi) is 7.02. The maximum Gasteiger partial charge on any atom is 0.236 e. The lowest BCUT2D eigenvalue weighted by molar-refractivity contribution is -0.122. The number of benzene rings is 2. The summed E-state index contributed by atoms with van der Waals surface area (Å²) in [5, 5.41) is 4.14. The van der Waals surface area contributed by atoms with Crippen LogP contribution >= 0.6 is 0 Å². The van der Waals surface area contributed by atoms with Crippen molar-refractivity contribution in [3.05, 3.63) is 54.9 Å². The lowest BCUT2D eigenvalue weighted by atomic mass is 10.0. The lowest BCUT2D eigenvalue weighted by Crippen LogP contribution is -2.48. The van der Waals surface area contributed by atoms with E-state index in [9.17, 15) is 4.79 Å². The minimum atomic E-state index is -0.488. The molecule has 3 N–H and O–H groups in total. The summed E-state index contributed by atoms with van der Waals surface area (Å²) in [5.41, 5.74) is 9.57. The number of ether oxygens (including phenoxy) is 2. The number of rotatable bonds is 8. The Bertz CT molecular complexity index is 1360. The molecule has 0 aliphatic carbocycles. The van der Waals surface area contributed by atoms with Crippen molar-refractivity contribution in [3.8, 4) is 11.6 Å². The fourth-order valence-corrected chi connectivity index (χ4v) is 4.62. The molecule has 1 aliphatic heterocycles. The number of anilines is 1. The number of aromatic nitrogens is 3. The molecule has 0 saturated carbocycles. The zero-order valence-corrected chi connectivity index (χ0v) is 20.7. The largest absolute Gasteiger partial charge is 0.491 e. The number of methoxy groups -OCH3 is 1. The number of carbonyl (C=O) groups is 1. The molecular weight excluding hydrogens is 456 g/mol. The van der Waals surface area contributed by atoms with Gasteiger partial charge in [0.15, 0.2) is 0 Å². The van der Waals surface area contributed by atoms with Crippen LogP contribution in [-0.4, -0.2) is 65.9 Å². The molecule has 5 rings (SSSR count). The van der Waals surface area contributed by atoms with Gasteiger partial charge in [0, 0.05) is 37.7 Å². The quantitative estimate of drug-likeness (QED) is 0.367. The second-order valence-corrected chi connectivity index (χ2v) is 9.18. The number of carbonyl (C=O) groups excluding carboxylic acids is 1. The van der Waals surface area contributed by atoms with Gasteiger partial charge in [-0.25, -0.2) is 9.97 Å². The number of nitrogens with zero attached hydrogens (tertiary/aromatic N) is 4. The van der Waals surface area contributed by atoms with Crippen LogP contribution in [0.4, 0.5) is 5.69 Å². The van der Waals surface area contributed by atoms with Gasteiger partial charge in [-0.1, -0.05) is 12.1 Å². The molecule has 1 aliphatic rings. The van der Waals surface area contributed by atoms with Crippen molar-refractivity contribution in [1.82, 2.24) is 19.9 Å². The number of imidazole rings is 1. The van der Waals surface area contributed by atoms with E-state index in [-0.39, 0.29) is 11.9 Å². The summed E-state index contributed by atoms with van der Waals surface area (Å²) in [7, 11) is 1.65. The van der Waals surface area contributed by atoms with E-state index in [1.54, 1.807) is 20.4 Å². The molecule has 188 valence electrons. The molecule has 4 aromatic rings. The molecule has 1 saturated heterocycles. The second-order valence-electron chi connectivity index (χ2n) is 9.18. The Labute approximate surface area is 210 Å². The Morgan fingerprint density at radius 2 is 2.00 bits per heavy atom. The van der Waals surface area contributed by atoms with Crippen LogP contribution in [0.25, 0.3) is 27.8 Å². The number of nitrogens with one attached hydrogen (secondary N) is 1. The minimum Gasteiger partial charge on any atom is -0.491 e. The van der Waals surface area contributed by atoms with Crippen molar-refractivity contribution in [2.75, 3.05) is 38.3 Å². The van der Waals surface area contributed by atoms with Gasteiger partial charge in [-0.3, -0.25) is 9.36 Å². The number of pyridine rings is 1. The number of hydrogen-bond acceptors (Lipinski definition) is 7. The van der Waals surface area contributed by atoms with E-state index in [2.05, 4.69) is 39.5 Å². The smallest absolute Gasteiger partial charge is 0.236 e. The molecule has 3 heterocycles. The summed E-state index contributed by atoms with van der Waals surface area (Å²) in [6.45, 7) is 4.43. The van der Waals surface area contributed by atoms with Gasteiger partial charge in [0.1, 0.15) is 24.5 Å². The molecule has 0 spiro atoms. The Balaban J connectivity index is 1.39. The van der Waals surface area contributed by atoms with Crippen LogP contribution in [0.1, 0.15) is 19.8 Å². The highest BCUT2D eigenvalue weighted by Crippen LogP contribution is 2.30. The van der Waals surface area contributed by atoms with E-state index in [1.807, 2.05) is 28.8 Å². The minimum absolute atomic E-state index is 0.0915. The molecule has 1 fully saturated rings. The number of fused-ring (bicyclic) bond motifs is 2. The first kappa shape index (κ1) is 24.0. The van der Waals surface area contributed by atoms with E-state index in [0.717, 1.165) is 65.1 Å². The molecule has 0 unspecified atom stereocenters. The van der Waals surface area contributed by atoms with Crippen LogP contribution in [0.3, 0.4) is 0 Å². The topological polar surface area (TPSA) is 108 Å². The van der Waals surface area contributed by atoms with E-state index >= 15 is 0 Å². The summed E-state index contributed by atoms with van der Waals surface area (Å²) in [6.07, 6.45) is 3.54. The molecule has 1 amide bonds. The molecule has 9 heteroatoms. The average Bonchev–Trinajstić information content (AvgIpc) is 3.32. The average molecular weight is 489 g/mol. The summed E-state index contributed by atoms with van der Waals surface area (Å²) in [6, 6.07) is 15.9. The normalized spacial score (nSPS) is 15.4. The van der Waals surface area contributed by atoms with Gasteiger partial charge in [-0.15, -0.1) is 0 Å². The van der Waals surface area contributed by atoms with Crippen LogP contribution in [0.2, 0.25) is 0 Å². The van der Waals surface area contributed by atoms with Crippen molar-refractivity contribution >= 4 is 33.5 Å². The van der Waals surface area contributed by atoms with Gasteiger partial charge in [-0.2, -0.15) is 0 Å². The monoisotopic (exact) mass is 488 g/mol. The molecular formula is C27H32N6O3. The number of hydrogen-bond donors (Lipinski definition) is 2. The van der Waals surface area contributed by atoms with E-state index in [4.69, 9.17) is 20.2 Å². The van der Waals surface area contributed by atoms with E-state index in [1.165, 1.54) is 0 Å². The highest BCUT2D eigenvalue weighted by atomic mass is 16.5. The first-order chi connectivity index (χ1) is 17.5. The van der Waals surface area contributed by atoms with Gasteiger partial charge in [0.05, 0.1) is 34.9 Å². The van der Waals surface area contributed by atoms with Crippen LogP contribution in [0.15, 0.2) is 54.9 Å². The predicted octanol–water partition coefficient (Wildman–Crippen LogP) is 3.03. The van der Waals surface area contributed by atoms with E-state index < -0.39 is 6.04 Å². The van der Waals surface area contributed by atoms with Gasteiger partial charge in [0.2, 0.25) is 5.91 Å². The molecule has 36 heavy (non-hydrogen) atoms. The van der Waals surface area contributed by atoms with Crippen LogP contribution in [-0.2, 0) is 9.53 Å². The molecule has 0 bridgehead atoms. The predicted molar refractivity (Wildman–Crippen MR) is 141 cm³/mol. The zero-order valence-electron chi connectivity index (χ0n) is 20.7. The van der Waals surface area contributed by atoms with Crippen LogP contribution in [0, 0.1) is 0 Å². The summed E-state index contributed by atoms with van der Waals surface area (Å²) in [5.74, 6) is 1.48. The lowest BCUT2D eigenvalue weighted by Gasteiger charge is -2.34. The number of para-hydroxylation sites is 1. The van der Waals surface area contributed by atoms with Gasteiger partial charge in [-0.05, 0) is 50.1 Å². The van der Waals surface area contributed by atoms with Crippen molar-refractivity contribution in [3.63, 3.8) is 0 Å². The maximum absolute atomic E-state index is 12.0. The number of piperidine rings is 1. The third kappa shape index (κ3) is 4.98. The van der Waals surface area contributed by atoms with Crippen molar-refractivity contribution in [2.45, 2.75) is 31.8 Å². The van der Waals surface area contributed by atoms with E-state index in [0.29, 0.717) is 13.2 Å². The highest BCUT2D eigenvalue weighted by Gasteiger charge is 2.23. The Morgan fingerprint density at radius 3 is 2.78 bits per heavy atom. The molecule has 0 radical (unpaired) electrons. The third-order valence-corrected chi connectivity index (χ3v) is 6.60. The number of nitrogens with two attached hydrogens (primary N) is 1. The molecule has 2 aromatic heterocycles. The summed E-state index contributed by atoms with van der Waals surface area (Å²) in [4.78, 5) is 24.0. The fourth-order valence-electron chi connectivity index (χ4n) is 4.62. The molecule has 2 aromatic carbocycles. The van der Waals surface area contributed by atoms with Gasteiger partial charge in [0.25, 0.3) is 0 Å².